The summed E-state index contributed by atoms with van der Waals surface area (Å²) in [7, 11) is -7.10. The molecule has 0 atom stereocenters. The average Bonchev–Trinajstić information content (AvgIpc) is 2.53. The fourth-order valence-electron chi connectivity index (χ4n) is 1.58. The summed E-state index contributed by atoms with van der Waals surface area (Å²) >= 11 is 0. The maximum Gasteiger partial charge on any atom is 0.460 e. The van der Waals surface area contributed by atoms with Crippen LogP contribution in [0.4, 0.5) is 57.1 Å². The quantitative estimate of drug-likeness (QED) is 0.483. The topological polar surface area (TPSA) is 50.1 Å². The summed E-state index contributed by atoms with van der Waals surface area (Å²) in [6, 6.07) is 2.88. The first kappa shape index (κ1) is 25.0. The van der Waals surface area contributed by atoms with E-state index < -0.39 is 45.1 Å². The number of alkyl halides is 13. The largest absolute Gasteiger partial charge is 0.460 e. The molecule has 1 heterocycles. The second kappa shape index (κ2) is 6.76. The van der Waals surface area contributed by atoms with E-state index in [4.69, 9.17) is 0 Å². The normalized spacial score (nSPS) is 15.3. The van der Waals surface area contributed by atoms with Crippen LogP contribution in [0.3, 0.4) is 0 Å². The molecule has 0 aromatic carbocycles. The van der Waals surface area contributed by atoms with E-state index in [-0.39, 0.29) is 4.68 Å². The molecular formula is C11H6F13N2O2S+. The van der Waals surface area contributed by atoms with Gasteiger partial charge in [-0.3, -0.25) is 0 Å². The number of nitrogens with zero attached hydrogens (tertiary/aromatic N) is 1. The van der Waals surface area contributed by atoms with Crippen molar-refractivity contribution in [1.82, 2.24) is 0 Å². The van der Waals surface area contributed by atoms with Crippen LogP contribution in [-0.4, -0.2) is 43.5 Å². The van der Waals surface area contributed by atoms with Gasteiger partial charge in [-0.2, -0.15) is 65.5 Å². The molecule has 0 aliphatic carbocycles. The maximum atomic E-state index is 13.6. The Morgan fingerprint density at radius 3 is 1.34 bits per heavy atom. The van der Waals surface area contributed by atoms with Crippen LogP contribution in [0.5, 0.6) is 0 Å². The molecule has 1 rings (SSSR count). The lowest BCUT2D eigenvalue weighted by Crippen LogP contribution is -2.72. The fourth-order valence-corrected chi connectivity index (χ4v) is 2.56. The Hall–Kier alpha value is -2.01. The van der Waals surface area contributed by atoms with Crippen molar-refractivity contribution in [3.63, 3.8) is 0 Å². The minimum atomic E-state index is -8.20. The summed E-state index contributed by atoms with van der Waals surface area (Å²) in [5.74, 6) is -32.3. The van der Waals surface area contributed by atoms with Crippen molar-refractivity contribution < 1.29 is 70.2 Å². The lowest BCUT2D eigenvalue weighted by Gasteiger charge is -2.38. The molecule has 0 amide bonds. The first-order chi connectivity index (χ1) is 12.6. The minimum Gasteiger partial charge on any atom is -0.195 e. The Morgan fingerprint density at radius 1 is 0.586 bits per heavy atom. The Labute approximate surface area is 151 Å². The van der Waals surface area contributed by atoms with Gasteiger partial charge >= 0.3 is 45.1 Å². The van der Waals surface area contributed by atoms with Gasteiger partial charge in [-0.05, 0) is 0 Å². The first-order valence-electron chi connectivity index (χ1n) is 6.52. The molecule has 0 spiro atoms. The van der Waals surface area contributed by atoms with Crippen LogP contribution < -0.4 is 9.51 Å². The molecule has 18 heteroatoms. The Bertz CT molecular complexity index is 836. The van der Waals surface area contributed by atoms with Gasteiger partial charge in [-0.25, -0.2) is 0 Å². The van der Waals surface area contributed by atoms with Crippen molar-refractivity contribution in [3.05, 3.63) is 30.6 Å². The summed E-state index contributed by atoms with van der Waals surface area (Å²) in [6.45, 7) is 0. The molecule has 0 aliphatic rings. The predicted molar refractivity (Wildman–Crippen MR) is 65.7 cm³/mol. The second-order valence-electron chi connectivity index (χ2n) is 5.19. The maximum absolute atomic E-state index is 13.6. The minimum absolute atomic E-state index is 0.0695. The predicted octanol–water partition coefficient (Wildman–Crippen LogP) is 3.54. The first-order valence-corrected chi connectivity index (χ1v) is 8.00. The zero-order chi connectivity index (χ0) is 23.3. The number of pyridine rings is 1. The van der Waals surface area contributed by atoms with Crippen LogP contribution >= 0.6 is 0 Å². The molecule has 29 heavy (non-hydrogen) atoms. The molecule has 0 saturated heterocycles. The van der Waals surface area contributed by atoms with Gasteiger partial charge in [0.25, 0.3) is 0 Å². The van der Waals surface area contributed by atoms with Crippen molar-refractivity contribution in [1.29, 1.82) is 0 Å². The molecule has 0 bridgehead atoms. The molecule has 1 N–H and O–H groups in total. The number of nitrogens with one attached hydrogen (secondary N) is 1. The van der Waals surface area contributed by atoms with Crippen LogP contribution in [0.15, 0.2) is 30.6 Å². The summed E-state index contributed by atoms with van der Waals surface area (Å²) in [6.07, 6.45) is -6.53. The molecule has 0 aliphatic heterocycles. The highest BCUT2D eigenvalue weighted by Crippen LogP contribution is 2.60. The number of aromatic nitrogens is 1. The average molecular weight is 477 g/mol. The van der Waals surface area contributed by atoms with Gasteiger partial charge in [0.15, 0.2) is 0 Å². The van der Waals surface area contributed by atoms with E-state index in [9.17, 15) is 65.5 Å². The van der Waals surface area contributed by atoms with E-state index >= 15 is 0 Å². The highest BCUT2D eigenvalue weighted by Gasteiger charge is 2.92. The number of sulfonamides is 1. The van der Waals surface area contributed by atoms with Crippen LogP contribution in [-0.2, 0) is 10.0 Å². The van der Waals surface area contributed by atoms with Crippen molar-refractivity contribution >= 4 is 10.0 Å². The van der Waals surface area contributed by atoms with Crippen LogP contribution in [0.1, 0.15) is 0 Å². The third kappa shape index (κ3) is 3.54. The van der Waals surface area contributed by atoms with Gasteiger partial charge < -0.3 is 0 Å². The third-order valence-corrected chi connectivity index (χ3v) is 4.57. The number of hydrogen-bond acceptors (Lipinski definition) is 2. The van der Waals surface area contributed by atoms with Crippen LogP contribution in [0.2, 0.25) is 0 Å². The molecule has 4 nitrogen and oxygen atoms in total. The second-order valence-corrected chi connectivity index (χ2v) is 6.89. The van der Waals surface area contributed by atoms with Crippen molar-refractivity contribution in [2.45, 2.75) is 35.1 Å². The van der Waals surface area contributed by atoms with E-state index in [1.807, 2.05) is 0 Å². The van der Waals surface area contributed by atoms with Crippen molar-refractivity contribution in [2.24, 2.45) is 0 Å². The van der Waals surface area contributed by atoms with E-state index in [0.717, 1.165) is 18.2 Å². The Balaban J connectivity index is 3.53. The lowest BCUT2D eigenvalue weighted by molar-refractivity contribution is -0.637. The molecule has 1 aromatic heterocycles. The van der Waals surface area contributed by atoms with E-state index in [0.29, 0.717) is 17.2 Å². The molecule has 0 saturated carbocycles. The summed E-state index contributed by atoms with van der Waals surface area (Å²) < 4.78 is 191. The lowest BCUT2D eigenvalue weighted by atomic mass is 9.98. The third-order valence-electron chi connectivity index (χ3n) is 3.18. The number of hydrogen-bond donors (Lipinski definition) is 1. The van der Waals surface area contributed by atoms with Crippen molar-refractivity contribution in [2.75, 3.05) is 4.83 Å². The summed E-state index contributed by atoms with van der Waals surface area (Å²) in [4.78, 5) is 0.528. The van der Waals surface area contributed by atoms with Crippen LogP contribution in [0, 0.1) is 0 Å². The molecule has 0 radical (unpaired) electrons. The van der Waals surface area contributed by atoms with Gasteiger partial charge in [-0.15, -0.1) is 0 Å². The van der Waals surface area contributed by atoms with E-state index in [1.54, 1.807) is 0 Å². The van der Waals surface area contributed by atoms with E-state index in [2.05, 4.69) is 0 Å². The molecule has 168 valence electrons. The fraction of sp³-hybridized carbons (Fsp3) is 0.545. The van der Waals surface area contributed by atoms with Gasteiger partial charge in [0.1, 0.15) is 0 Å². The summed E-state index contributed by atoms with van der Waals surface area (Å²) in [5.41, 5.74) is 0. The van der Waals surface area contributed by atoms with Gasteiger partial charge in [0.2, 0.25) is 12.4 Å². The highest BCUT2D eigenvalue weighted by molar-refractivity contribution is 7.93. The van der Waals surface area contributed by atoms with E-state index in [1.165, 1.54) is 0 Å². The SMILES string of the molecule is O=S(=O)(N[n+]1ccccc1)C(F)(F)C(F)(F)C(F)(F)C(F)(F)C(F)(F)C(F)(F)F. The summed E-state index contributed by atoms with van der Waals surface area (Å²) in [5, 5.41) is -7.29. The Morgan fingerprint density at radius 2 is 0.966 bits per heavy atom. The molecule has 0 unspecified atom stereocenters. The van der Waals surface area contributed by atoms with Gasteiger partial charge in [0, 0.05) is 12.1 Å². The highest BCUT2D eigenvalue weighted by atomic mass is 32.2. The zero-order valence-electron chi connectivity index (χ0n) is 13.0. The molecular weight excluding hydrogens is 471 g/mol. The van der Waals surface area contributed by atoms with Crippen molar-refractivity contribution in [3.8, 4) is 0 Å². The molecule has 1 aromatic rings. The zero-order valence-corrected chi connectivity index (χ0v) is 13.8. The molecule has 0 fully saturated rings. The smallest absolute Gasteiger partial charge is 0.195 e. The Kier molecular flexibility index (Phi) is 5.84. The number of rotatable bonds is 7. The van der Waals surface area contributed by atoms with Gasteiger partial charge in [0.05, 0.1) is 0 Å². The monoisotopic (exact) mass is 477 g/mol. The van der Waals surface area contributed by atoms with Crippen LogP contribution in [0.25, 0.3) is 0 Å². The standard InChI is InChI=1S/C11H6F13N2O2S/c12-6(13,8(16,17)10(20,21)22)7(14,15)9(18,19)11(23,24)29(27,28)25-26-4-2-1-3-5-26/h1-5,25H/q+1. The van der Waals surface area contributed by atoms with Gasteiger partial charge in [-0.1, -0.05) is 15.6 Å². The number of halogens is 13.